The van der Waals surface area contributed by atoms with Gasteiger partial charge in [-0.3, -0.25) is 0 Å². The number of rotatable bonds is 5. The molecular formula is C18H18BrF3N4. The van der Waals surface area contributed by atoms with E-state index < -0.39 is 12.6 Å². The van der Waals surface area contributed by atoms with E-state index in [1.54, 1.807) is 17.3 Å². The van der Waals surface area contributed by atoms with Gasteiger partial charge in [0.2, 0.25) is 0 Å². The highest BCUT2D eigenvalue weighted by Gasteiger charge is 2.29. The Bertz CT molecular complexity index is 826. The van der Waals surface area contributed by atoms with Crippen LogP contribution in [0, 0.1) is 0 Å². The van der Waals surface area contributed by atoms with Crippen LogP contribution in [0.15, 0.2) is 41.3 Å². The summed E-state index contributed by atoms with van der Waals surface area (Å²) in [5.41, 5.74) is 2.92. The van der Waals surface area contributed by atoms with Crippen LogP contribution in [0.1, 0.15) is 31.0 Å². The topological polar surface area (TPSA) is 35.2 Å². The van der Waals surface area contributed by atoms with E-state index in [0.29, 0.717) is 12.6 Å². The molecule has 2 aromatic rings. The van der Waals surface area contributed by atoms with Crippen LogP contribution in [0.5, 0.6) is 0 Å². The molecular weight excluding hydrogens is 409 g/mol. The molecule has 0 saturated heterocycles. The number of aromatic nitrogens is 2. The fourth-order valence-corrected chi connectivity index (χ4v) is 3.60. The highest BCUT2D eigenvalue weighted by molar-refractivity contribution is 9.10. The molecule has 1 aliphatic heterocycles. The zero-order chi connectivity index (χ0) is 18.3. The average molecular weight is 427 g/mol. The Labute approximate surface area is 157 Å². The molecule has 0 spiro atoms. The number of nitrogens with zero attached hydrogens (tertiary/aromatic N) is 3. The highest BCUT2D eigenvalue weighted by Crippen LogP contribution is 2.39. The summed E-state index contributed by atoms with van der Waals surface area (Å²) >= 11 is 3.58. The summed E-state index contributed by atoms with van der Waals surface area (Å²) in [6.45, 7) is 0.369. The molecule has 2 heterocycles. The molecule has 4 rings (SSSR count). The summed E-state index contributed by atoms with van der Waals surface area (Å²) in [6.07, 6.45) is 2.80. The van der Waals surface area contributed by atoms with E-state index in [4.69, 9.17) is 0 Å². The second kappa shape index (κ2) is 6.64. The van der Waals surface area contributed by atoms with Crippen molar-refractivity contribution in [1.82, 2.24) is 14.9 Å². The minimum atomic E-state index is -4.13. The summed E-state index contributed by atoms with van der Waals surface area (Å²) in [7, 11) is 0. The number of hydrogen-bond acceptors (Lipinski definition) is 3. The highest BCUT2D eigenvalue weighted by atomic mass is 79.9. The number of benzene rings is 1. The Morgan fingerprint density at radius 3 is 2.73 bits per heavy atom. The van der Waals surface area contributed by atoms with Crippen LogP contribution < -0.4 is 4.90 Å². The number of nitrogens with one attached hydrogen (secondary N) is 1. The first-order chi connectivity index (χ1) is 12.4. The molecule has 0 unspecified atom stereocenters. The van der Waals surface area contributed by atoms with Crippen molar-refractivity contribution in [3.05, 3.63) is 47.1 Å². The van der Waals surface area contributed by atoms with Crippen molar-refractivity contribution in [2.24, 2.45) is 0 Å². The molecule has 8 heteroatoms. The van der Waals surface area contributed by atoms with Crippen LogP contribution in [-0.2, 0) is 0 Å². The van der Waals surface area contributed by atoms with Gasteiger partial charge in [0, 0.05) is 34.9 Å². The van der Waals surface area contributed by atoms with Crippen molar-refractivity contribution in [2.75, 3.05) is 18.1 Å². The molecule has 138 valence electrons. The van der Waals surface area contributed by atoms with Crippen molar-refractivity contribution in [3.8, 4) is 11.3 Å². The number of alkyl halides is 3. The lowest BCUT2D eigenvalue weighted by Crippen LogP contribution is -2.28. The molecule has 2 aliphatic rings. The Balaban J connectivity index is 1.44. The number of anilines is 1. The summed E-state index contributed by atoms with van der Waals surface area (Å²) in [5.74, 6) is 1.62. The lowest BCUT2D eigenvalue weighted by Gasteiger charge is -2.23. The van der Waals surface area contributed by atoms with Gasteiger partial charge < -0.3 is 14.8 Å². The molecule has 4 nitrogen and oxygen atoms in total. The number of H-pyrrole nitrogens is 1. The first kappa shape index (κ1) is 17.5. The summed E-state index contributed by atoms with van der Waals surface area (Å²) in [4.78, 5) is 11.4. The Hall–Kier alpha value is -1.96. The van der Waals surface area contributed by atoms with Gasteiger partial charge in [-0.05, 0) is 40.9 Å². The normalized spacial score (nSPS) is 17.4. The molecule has 1 aliphatic carbocycles. The van der Waals surface area contributed by atoms with Gasteiger partial charge in [-0.15, -0.1) is 0 Å². The number of imidazole rings is 1. The summed E-state index contributed by atoms with van der Waals surface area (Å²) in [5, 5.41) is 0. The van der Waals surface area contributed by atoms with E-state index in [-0.39, 0.29) is 6.54 Å². The van der Waals surface area contributed by atoms with E-state index in [2.05, 4.69) is 25.9 Å². The van der Waals surface area contributed by atoms with E-state index in [1.165, 1.54) is 12.8 Å². The molecule has 0 amide bonds. The largest absolute Gasteiger partial charge is 0.390 e. The maximum Gasteiger partial charge on any atom is 0.390 e. The first-order valence-corrected chi connectivity index (χ1v) is 9.29. The van der Waals surface area contributed by atoms with E-state index >= 15 is 0 Å². The summed E-state index contributed by atoms with van der Waals surface area (Å²) < 4.78 is 38.0. The third kappa shape index (κ3) is 3.90. The first-order valence-electron chi connectivity index (χ1n) is 8.50. The third-order valence-electron chi connectivity index (χ3n) is 4.60. The minimum Gasteiger partial charge on any atom is -0.358 e. The Morgan fingerprint density at radius 2 is 2.04 bits per heavy atom. The monoisotopic (exact) mass is 426 g/mol. The predicted molar refractivity (Wildman–Crippen MR) is 97.6 cm³/mol. The Kier molecular flexibility index (Phi) is 4.46. The zero-order valence-electron chi connectivity index (χ0n) is 13.9. The molecule has 0 atom stereocenters. The molecule has 26 heavy (non-hydrogen) atoms. The zero-order valence-corrected chi connectivity index (χ0v) is 15.5. The van der Waals surface area contributed by atoms with Gasteiger partial charge in [0.25, 0.3) is 0 Å². The molecule has 1 fully saturated rings. The smallest absolute Gasteiger partial charge is 0.358 e. The molecule has 0 bridgehead atoms. The van der Waals surface area contributed by atoms with E-state index in [1.807, 2.05) is 29.3 Å². The molecule has 1 aromatic carbocycles. The van der Waals surface area contributed by atoms with Gasteiger partial charge in [0.05, 0.1) is 30.7 Å². The van der Waals surface area contributed by atoms with Gasteiger partial charge in [0.15, 0.2) is 0 Å². The van der Waals surface area contributed by atoms with Crippen molar-refractivity contribution in [2.45, 2.75) is 31.4 Å². The number of aromatic amines is 1. The van der Waals surface area contributed by atoms with Crippen LogP contribution in [0.25, 0.3) is 11.3 Å². The van der Waals surface area contributed by atoms with Crippen LogP contribution in [-0.4, -0.2) is 34.3 Å². The number of hydrogen-bond donors (Lipinski definition) is 1. The van der Waals surface area contributed by atoms with Gasteiger partial charge in [-0.25, -0.2) is 4.98 Å². The fraction of sp³-hybridized carbons (Fsp3) is 0.389. The second-order valence-corrected chi connectivity index (χ2v) is 7.56. The van der Waals surface area contributed by atoms with Gasteiger partial charge in [-0.2, -0.15) is 13.2 Å². The Morgan fingerprint density at radius 1 is 1.23 bits per heavy atom. The third-order valence-corrected chi connectivity index (χ3v) is 5.24. The van der Waals surface area contributed by atoms with Gasteiger partial charge in [0.1, 0.15) is 5.82 Å². The molecule has 0 radical (unpaired) electrons. The van der Waals surface area contributed by atoms with Crippen molar-refractivity contribution in [3.63, 3.8) is 0 Å². The van der Waals surface area contributed by atoms with Gasteiger partial charge >= 0.3 is 6.18 Å². The summed E-state index contributed by atoms with van der Waals surface area (Å²) in [6, 6.07) is 5.97. The van der Waals surface area contributed by atoms with Crippen molar-refractivity contribution < 1.29 is 13.2 Å². The molecule has 1 aromatic heterocycles. The maximum atomic E-state index is 12.4. The molecule has 1 N–H and O–H groups in total. The standard InChI is InChI=1S/C18H18BrF3N4/c19-14-9-13(15-10-23-17(24-15)12-1-2-12)3-4-16(14)26-8-7-25(11-26)6-5-18(20,21)22/h3-4,7-10,12H,1-2,5-6,11H2,(H,23,24). The lowest BCUT2D eigenvalue weighted by atomic mass is 10.1. The van der Waals surface area contributed by atoms with E-state index in [9.17, 15) is 13.2 Å². The van der Waals surface area contributed by atoms with Crippen LogP contribution in [0.2, 0.25) is 0 Å². The second-order valence-electron chi connectivity index (χ2n) is 6.71. The van der Waals surface area contributed by atoms with Crippen molar-refractivity contribution >= 4 is 21.6 Å². The molecule has 1 saturated carbocycles. The van der Waals surface area contributed by atoms with E-state index in [0.717, 1.165) is 27.2 Å². The maximum absolute atomic E-state index is 12.4. The lowest BCUT2D eigenvalue weighted by molar-refractivity contribution is -0.136. The van der Waals surface area contributed by atoms with Crippen molar-refractivity contribution in [1.29, 1.82) is 0 Å². The van der Waals surface area contributed by atoms with Crippen LogP contribution >= 0.6 is 15.9 Å². The fourth-order valence-electron chi connectivity index (χ4n) is 2.99. The predicted octanol–water partition coefficient (Wildman–Crippen LogP) is 5.22. The minimum absolute atomic E-state index is 0.0374. The van der Waals surface area contributed by atoms with Crippen LogP contribution in [0.4, 0.5) is 18.9 Å². The quantitative estimate of drug-likeness (QED) is 0.711. The van der Waals surface area contributed by atoms with Crippen LogP contribution in [0.3, 0.4) is 0 Å². The number of halogens is 4. The van der Waals surface area contributed by atoms with Gasteiger partial charge in [-0.1, -0.05) is 6.07 Å². The SMILES string of the molecule is FC(F)(F)CCN1C=CN(c2ccc(-c3cnc(C4CC4)[nH]3)cc2Br)C1. The average Bonchev–Trinajstić information content (AvgIpc) is 3.13.